The Labute approximate surface area is 372 Å². The molecular weight excluding hydrogens is 776 g/mol. The molecule has 1 aliphatic heterocycles. The minimum atomic E-state index is -0.186. The van der Waals surface area contributed by atoms with E-state index in [4.69, 9.17) is 9.72 Å². The van der Waals surface area contributed by atoms with Gasteiger partial charge in [0.1, 0.15) is 29.8 Å². The summed E-state index contributed by atoms with van der Waals surface area (Å²) in [6.45, 7) is 22.7. The van der Waals surface area contributed by atoms with Gasteiger partial charge in [0.15, 0.2) is 0 Å². The Balaban J connectivity index is 1.23. The molecular formula is C57H59FN4O. The second kappa shape index (κ2) is 16.7. The fraction of sp³-hybridized carbons (Fsp3) is 0.281. The molecule has 0 saturated heterocycles. The van der Waals surface area contributed by atoms with Crippen molar-refractivity contribution in [3.63, 3.8) is 0 Å². The number of hydrogen-bond acceptors (Lipinski definition) is 4. The molecule has 6 aromatic carbocycles. The van der Waals surface area contributed by atoms with E-state index >= 15 is 4.39 Å². The predicted octanol–water partition coefficient (Wildman–Crippen LogP) is 16.6. The molecule has 0 unspecified atom stereocenters. The minimum Gasteiger partial charge on any atom is -0.457 e. The monoisotopic (exact) mass is 834 g/mol. The first-order valence-electron chi connectivity index (χ1n) is 22.7. The van der Waals surface area contributed by atoms with Crippen molar-refractivity contribution in [1.82, 2.24) is 9.55 Å². The van der Waals surface area contributed by atoms with Crippen molar-refractivity contribution in [3.8, 4) is 28.4 Å². The minimum absolute atomic E-state index is 0.130. The molecule has 1 aliphatic rings. The fourth-order valence-corrected chi connectivity index (χ4v) is 9.60. The highest BCUT2D eigenvalue weighted by atomic mass is 19.1. The number of ether oxygens (including phenoxy) is 1. The summed E-state index contributed by atoms with van der Waals surface area (Å²) < 4.78 is 24.7. The second-order valence-electron chi connectivity index (χ2n) is 18.8. The van der Waals surface area contributed by atoms with Gasteiger partial charge in [-0.25, -0.2) is 9.37 Å². The summed E-state index contributed by atoms with van der Waals surface area (Å²) in [4.78, 5) is 9.68. The van der Waals surface area contributed by atoms with Gasteiger partial charge in [-0.05, 0) is 135 Å². The molecule has 0 fully saturated rings. The van der Waals surface area contributed by atoms with Crippen LogP contribution in [0, 0.1) is 5.82 Å². The largest absolute Gasteiger partial charge is 0.457 e. The molecule has 0 bridgehead atoms. The summed E-state index contributed by atoms with van der Waals surface area (Å²) in [6, 6.07) is 44.9. The molecule has 8 aromatic rings. The van der Waals surface area contributed by atoms with Gasteiger partial charge in [-0.2, -0.15) is 0 Å². The molecule has 0 N–H and O–H groups in total. The Morgan fingerprint density at radius 1 is 0.524 bits per heavy atom. The van der Waals surface area contributed by atoms with E-state index in [0.717, 1.165) is 73.2 Å². The number of aromatic nitrogens is 2. The van der Waals surface area contributed by atoms with Gasteiger partial charge in [0.25, 0.3) is 0 Å². The number of halogens is 1. The smallest absolute Gasteiger partial charge is 0.137 e. The van der Waals surface area contributed by atoms with Crippen molar-refractivity contribution >= 4 is 44.6 Å². The topological polar surface area (TPSA) is 33.5 Å². The summed E-state index contributed by atoms with van der Waals surface area (Å²) in [5.74, 6) is 3.45. The van der Waals surface area contributed by atoms with Crippen LogP contribution in [0.5, 0.6) is 11.5 Å². The van der Waals surface area contributed by atoms with E-state index < -0.39 is 0 Å². The van der Waals surface area contributed by atoms with E-state index in [-0.39, 0.29) is 17.7 Å². The summed E-state index contributed by atoms with van der Waals surface area (Å²) in [6.07, 6.45) is 1.92. The molecule has 0 atom stereocenters. The van der Waals surface area contributed by atoms with Crippen LogP contribution in [0.15, 0.2) is 134 Å². The summed E-state index contributed by atoms with van der Waals surface area (Å²) in [5, 5.41) is 2.32. The number of para-hydroxylation sites is 3. The number of pyridine rings is 1. The molecule has 2 aromatic heterocycles. The van der Waals surface area contributed by atoms with Crippen LogP contribution in [-0.2, 0) is 0 Å². The first-order chi connectivity index (χ1) is 30.3. The van der Waals surface area contributed by atoms with Crippen molar-refractivity contribution in [3.05, 3.63) is 167 Å². The van der Waals surface area contributed by atoms with Crippen LogP contribution in [0.25, 0.3) is 38.8 Å². The first kappa shape index (κ1) is 41.9. The lowest BCUT2D eigenvalue weighted by Crippen LogP contribution is -2.26. The van der Waals surface area contributed by atoms with E-state index in [1.165, 1.54) is 27.6 Å². The molecule has 0 saturated carbocycles. The summed E-state index contributed by atoms with van der Waals surface area (Å²) in [5.41, 5.74) is 14.7. The lowest BCUT2D eigenvalue weighted by atomic mass is 9.85. The van der Waals surface area contributed by atoms with Crippen LogP contribution in [0.2, 0.25) is 0 Å². The Morgan fingerprint density at radius 3 is 1.79 bits per heavy atom. The number of rotatable bonds is 11. The summed E-state index contributed by atoms with van der Waals surface area (Å²) in [7, 11) is 0. The van der Waals surface area contributed by atoms with Gasteiger partial charge < -0.3 is 14.5 Å². The molecule has 5 nitrogen and oxygen atoms in total. The van der Waals surface area contributed by atoms with Gasteiger partial charge in [0.05, 0.1) is 22.4 Å². The van der Waals surface area contributed by atoms with Crippen molar-refractivity contribution in [2.24, 2.45) is 0 Å². The zero-order valence-electron chi connectivity index (χ0n) is 38.4. The van der Waals surface area contributed by atoms with Crippen LogP contribution < -0.4 is 14.5 Å². The van der Waals surface area contributed by atoms with Gasteiger partial charge in [-0.3, -0.25) is 4.57 Å². The van der Waals surface area contributed by atoms with Crippen LogP contribution >= 0.6 is 0 Å². The van der Waals surface area contributed by atoms with Crippen molar-refractivity contribution in [2.75, 3.05) is 16.5 Å². The summed E-state index contributed by atoms with van der Waals surface area (Å²) >= 11 is 0. The van der Waals surface area contributed by atoms with Crippen molar-refractivity contribution in [2.45, 2.75) is 98.8 Å². The number of nitrogens with zero attached hydrogens (tertiary/aromatic N) is 4. The Bertz CT molecular complexity index is 2940. The third-order valence-electron chi connectivity index (χ3n) is 12.8. The highest BCUT2D eigenvalue weighted by Gasteiger charge is 2.33. The Kier molecular flexibility index (Phi) is 11.1. The van der Waals surface area contributed by atoms with Gasteiger partial charge >= 0.3 is 0 Å². The lowest BCUT2D eigenvalue weighted by molar-refractivity contribution is 0.483. The lowest BCUT2D eigenvalue weighted by Gasteiger charge is -2.29. The van der Waals surface area contributed by atoms with E-state index in [1.54, 1.807) is 12.1 Å². The normalized spacial score (nSPS) is 13.0. The average molecular weight is 835 g/mol. The Hall–Kier alpha value is -6.40. The van der Waals surface area contributed by atoms with Gasteiger partial charge in [0.2, 0.25) is 0 Å². The molecule has 6 heteroatoms. The molecule has 3 heterocycles. The zero-order valence-corrected chi connectivity index (χ0v) is 38.4. The van der Waals surface area contributed by atoms with Crippen molar-refractivity contribution in [1.29, 1.82) is 0 Å². The number of fused-ring (bicyclic) bond motifs is 4. The van der Waals surface area contributed by atoms with Crippen LogP contribution in [-0.4, -0.2) is 16.2 Å². The molecule has 320 valence electrons. The standard InChI is InChI=1S/C57H59FN4O/c1-34(2)39-24-25-59-55(28-39)62-51-19-12-11-16-47(51)48-23-22-43(32-54(48)62)63-44-27-40(56-45(35(3)4)17-15-18-46(56)36(5)6)26-42(31-44)60-33-61(53-21-14-13-20-52(53)60)57-49(37(7)8)29-41(58)30-50(57)38(9)10/h11-32,34-38H,33H2,1-10H3. The second-order valence-corrected chi connectivity index (χ2v) is 18.8. The van der Waals surface area contributed by atoms with E-state index in [9.17, 15) is 0 Å². The average Bonchev–Trinajstić information content (AvgIpc) is 3.81. The maximum atomic E-state index is 15.3. The highest BCUT2D eigenvalue weighted by molar-refractivity contribution is 6.09. The van der Waals surface area contributed by atoms with E-state index in [0.29, 0.717) is 24.4 Å². The quantitative estimate of drug-likeness (QED) is 0.130. The maximum Gasteiger partial charge on any atom is 0.137 e. The van der Waals surface area contributed by atoms with Gasteiger partial charge in [-0.1, -0.05) is 118 Å². The Morgan fingerprint density at radius 2 is 1.14 bits per heavy atom. The molecule has 9 rings (SSSR count). The van der Waals surface area contributed by atoms with Gasteiger partial charge in [-0.15, -0.1) is 0 Å². The number of benzene rings is 6. The third kappa shape index (κ3) is 7.64. The molecule has 0 spiro atoms. The maximum absolute atomic E-state index is 15.3. The number of hydrogen-bond donors (Lipinski definition) is 0. The number of anilines is 4. The third-order valence-corrected chi connectivity index (χ3v) is 12.8. The molecule has 63 heavy (non-hydrogen) atoms. The van der Waals surface area contributed by atoms with Crippen LogP contribution in [0.4, 0.5) is 27.1 Å². The SMILES string of the molecule is CC(C)c1ccnc(-n2c3ccccc3c3ccc(Oc4cc(-c5c(C(C)C)cccc5C(C)C)cc(N5CN(c6c(C(C)C)cc(F)cc6C(C)C)c6ccccc65)c4)cc32)c1. The van der Waals surface area contributed by atoms with Crippen molar-refractivity contribution < 1.29 is 9.13 Å². The van der Waals surface area contributed by atoms with Crippen LogP contribution in [0.3, 0.4) is 0 Å². The molecule has 0 radical (unpaired) electrons. The first-order valence-corrected chi connectivity index (χ1v) is 22.7. The molecule has 0 aliphatic carbocycles. The van der Waals surface area contributed by atoms with Crippen LogP contribution in [0.1, 0.15) is 127 Å². The van der Waals surface area contributed by atoms with Gasteiger partial charge in [0, 0.05) is 40.5 Å². The fourth-order valence-electron chi connectivity index (χ4n) is 9.60. The predicted molar refractivity (Wildman–Crippen MR) is 263 cm³/mol. The van der Waals surface area contributed by atoms with E-state index in [2.05, 4.69) is 199 Å². The highest BCUT2D eigenvalue weighted by Crippen LogP contribution is 2.50. The molecule has 0 amide bonds. The zero-order chi connectivity index (χ0) is 44.3. The van der Waals surface area contributed by atoms with E-state index in [1.807, 2.05) is 6.20 Å².